The molecule has 0 aromatic rings. The number of rotatable bonds is 13. The smallest absolute Gasteiger partial charge is 0.315 e. The fourth-order valence-corrected chi connectivity index (χ4v) is 8.79. The molecule has 214 valence electrons. The van der Waals surface area contributed by atoms with Gasteiger partial charge in [-0.05, 0) is 53.4 Å². The lowest BCUT2D eigenvalue weighted by Crippen LogP contribution is -2.58. The normalized spacial score (nSPS) is 28.5. The van der Waals surface area contributed by atoms with Gasteiger partial charge >= 0.3 is 6.03 Å². The molecule has 0 aromatic carbocycles. The number of Topliss-reactive ketones (excluding diaryl/α,β-unsaturated/α-hetero) is 1. The summed E-state index contributed by atoms with van der Waals surface area (Å²) in [5, 5.41) is 17.8. The number of urea groups is 1. The Kier molecular flexibility index (Phi) is 12.1. The number of carbonyl (C=O) groups excluding carboxylic acids is 3. The highest BCUT2D eigenvalue weighted by atomic mass is 32.2. The van der Waals surface area contributed by atoms with Crippen LogP contribution in [0, 0.1) is 11.3 Å². The van der Waals surface area contributed by atoms with E-state index < -0.39 is 19.3 Å². The third-order valence-corrected chi connectivity index (χ3v) is 11.1. The molecular weight excluding hydrogens is 525 g/mol. The summed E-state index contributed by atoms with van der Waals surface area (Å²) in [4.78, 5) is 38.4. The SMILES string of the molecule is CC(C)N(C(C)C)P(OCCC#N)OCCCCCC1NC(=O)[C@@]2(CCCCC1=O)SC[C@@H]1NC(=O)N[C@@H]12. The summed E-state index contributed by atoms with van der Waals surface area (Å²) < 4.78 is 13.6. The number of unbranched alkanes of at least 4 members (excludes halogenated alkanes) is 2. The van der Waals surface area contributed by atoms with Gasteiger partial charge in [0.2, 0.25) is 5.91 Å². The van der Waals surface area contributed by atoms with Crippen LogP contribution in [0.25, 0.3) is 0 Å². The van der Waals surface area contributed by atoms with E-state index in [0.717, 1.165) is 32.1 Å². The Morgan fingerprint density at radius 1 is 1.05 bits per heavy atom. The maximum Gasteiger partial charge on any atom is 0.315 e. The van der Waals surface area contributed by atoms with Gasteiger partial charge in [0.05, 0.1) is 43.8 Å². The maximum atomic E-state index is 13.5. The summed E-state index contributed by atoms with van der Waals surface area (Å²) >= 11 is 1.60. The monoisotopic (exact) mass is 569 g/mol. The van der Waals surface area contributed by atoms with E-state index in [1.165, 1.54) is 0 Å². The van der Waals surface area contributed by atoms with Gasteiger partial charge in [0.1, 0.15) is 4.75 Å². The number of nitriles is 1. The number of amides is 3. The molecule has 12 heteroatoms. The third-order valence-electron chi connectivity index (χ3n) is 7.33. The van der Waals surface area contributed by atoms with Crippen molar-refractivity contribution in [3.8, 4) is 6.07 Å². The molecule has 3 fully saturated rings. The van der Waals surface area contributed by atoms with Crippen LogP contribution < -0.4 is 16.0 Å². The van der Waals surface area contributed by atoms with Crippen LogP contribution in [0.4, 0.5) is 4.79 Å². The molecule has 3 rings (SSSR count). The number of fused-ring (bicyclic) bond motifs is 2. The van der Waals surface area contributed by atoms with E-state index in [1.54, 1.807) is 11.8 Å². The lowest BCUT2D eigenvalue weighted by atomic mass is 9.89. The number of ketones is 1. The van der Waals surface area contributed by atoms with E-state index >= 15 is 0 Å². The summed E-state index contributed by atoms with van der Waals surface area (Å²) in [6.45, 7) is 9.33. The predicted octanol–water partition coefficient (Wildman–Crippen LogP) is 4.00. The van der Waals surface area contributed by atoms with E-state index in [4.69, 9.17) is 14.3 Å². The average Bonchev–Trinajstić information content (AvgIpc) is 3.41. The zero-order valence-electron chi connectivity index (χ0n) is 23.2. The molecule has 3 aliphatic rings. The molecule has 0 aromatic heterocycles. The number of nitrogens with one attached hydrogen (secondary N) is 3. The topological polar surface area (TPSA) is 133 Å². The van der Waals surface area contributed by atoms with Crippen molar-refractivity contribution in [2.45, 2.75) is 120 Å². The minimum atomic E-state index is -1.25. The summed E-state index contributed by atoms with van der Waals surface area (Å²) in [6.07, 6.45) is 6.10. The Hall–Kier alpha value is -1.44. The second-order valence-electron chi connectivity index (χ2n) is 10.8. The molecule has 2 unspecified atom stereocenters. The first-order valence-corrected chi connectivity index (χ1v) is 16.1. The molecule has 0 aliphatic carbocycles. The minimum Gasteiger partial charge on any atom is -0.345 e. The van der Waals surface area contributed by atoms with Crippen LogP contribution in [0.1, 0.15) is 85.5 Å². The molecular formula is C26H44N5O5PS. The molecule has 3 N–H and O–H groups in total. The van der Waals surface area contributed by atoms with Crippen LogP contribution in [0.15, 0.2) is 0 Å². The van der Waals surface area contributed by atoms with Crippen LogP contribution in [0.5, 0.6) is 0 Å². The lowest BCUT2D eigenvalue weighted by Gasteiger charge is -2.35. The predicted molar refractivity (Wildman–Crippen MR) is 149 cm³/mol. The molecule has 1 spiro atoms. The minimum absolute atomic E-state index is 0.0511. The van der Waals surface area contributed by atoms with Crippen LogP contribution in [0.2, 0.25) is 0 Å². The van der Waals surface area contributed by atoms with Crippen molar-refractivity contribution in [3.05, 3.63) is 0 Å². The summed E-state index contributed by atoms with van der Waals surface area (Å²) in [7, 11) is -1.25. The van der Waals surface area contributed by atoms with E-state index in [-0.39, 0.29) is 41.9 Å². The van der Waals surface area contributed by atoms with Crippen LogP contribution >= 0.6 is 20.3 Å². The maximum absolute atomic E-state index is 13.5. The fourth-order valence-electron chi connectivity index (χ4n) is 5.53. The average molecular weight is 570 g/mol. The van der Waals surface area contributed by atoms with E-state index in [9.17, 15) is 14.4 Å². The second-order valence-corrected chi connectivity index (χ2v) is 13.6. The van der Waals surface area contributed by atoms with Crippen molar-refractivity contribution in [2.75, 3.05) is 19.0 Å². The molecule has 3 saturated heterocycles. The largest absolute Gasteiger partial charge is 0.345 e. The zero-order valence-corrected chi connectivity index (χ0v) is 24.9. The summed E-state index contributed by atoms with van der Waals surface area (Å²) in [5.74, 6) is 0.674. The van der Waals surface area contributed by atoms with Crippen LogP contribution in [-0.4, -0.2) is 76.3 Å². The van der Waals surface area contributed by atoms with Crippen molar-refractivity contribution in [2.24, 2.45) is 0 Å². The van der Waals surface area contributed by atoms with Gasteiger partial charge in [-0.2, -0.15) is 5.26 Å². The fraction of sp³-hybridized carbons (Fsp3) is 0.846. The van der Waals surface area contributed by atoms with Gasteiger partial charge in [-0.15, -0.1) is 11.8 Å². The molecule has 0 bridgehead atoms. The number of hydrogen-bond acceptors (Lipinski definition) is 8. The quantitative estimate of drug-likeness (QED) is 0.172. The molecule has 0 radical (unpaired) electrons. The highest BCUT2D eigenvalue weighted by molar-refractivity contribution is 8.01. The summed E-state index contributed by atoms with van der Waals surface area (Å²) in [5.41, 5.74) is 0. The van der Waals surface area contributed by atoms with Crippen molar-refractivity contribution in [3.63, 3.8) is 0 Å². The number of hydrogen-bond donors (Lipinski definition) is 3. The van der Waals surface area contributed by atoms with Gasteiger partial charge in [0, 0.05) is 24.3 Å². The van der Waals surface area contributed by atoms with Crippen molar-refractivity contribution in [1.82, 2.24) is 20.6 Å². The standard InChI is InChI=1S/C26H44N5O5PS/c1-18(2)31(19(3)4)37(36-16-10-14-27)35-15-9-5-6-11-20-22(32)12-7-8-13-26(24(33)28-20)23-21(17-38-26)29-25(34)30-23/h18-21,23H,5-13,15-17H2,1-4H3,(H,28,33)(H2,29,30,34)/t20?,21-,23-,26-,37?/m0/s1. The Morgan fingerprint density at radius 2 is 1.79 bits per heavy atom. The molecule has 3 amide bonds. The van der Waals surface area contributed by atoms with Gasteiger partial charge in [-0.3, -0.25) is 9.59 Å². The Morgan fingerprint density at radius 3 is 2.50 bits per heavy atom. The first-order valence-electron chi connectivity index (χ1n) is 14.0. The number of thioether (sulfide) groups is 1. The first kappa shape index (κ1) is 31.1. The van der Waals surface area contributed by atoms with Gasteiger partial charge < -0.3 is 25.0 Å². The first-order chi connectivity index (χ1) is 18.2. The van der Waals surface area contributed by atoms with Gasteiger partial charge in [-0.25, -0.2) is 9.46 Å². The molecule has 3 heterocycles. The molecule has 38 heavy (non-hydrogen) atoms. The van der Waals surface area contributed by atoms with E-state index in [0.29, 0.717) is 44.6 Å². The third kappa shape index (κ3) is 7.82. The number of carbonyl (C=O) groups is 3. The molecule has 5 atom stereocenters. The zero-order chi connectivity index (χ0) is 27.7. The highest BCUT2D eigenvalue weighted by Crippen LogP contribution is 2.46. The molecule has 3 aliphatic heterocycles. The highest BCUT2D eigenvalue weighted by Gasteiger charge is 2.58. The Labute approximate surface area is 232 Å². The summed E-state index contributed by atoms with van der Waals surface area (Å²) in [6, 6.07) is 1.62. The second kappa shape index (κ2) is 14.8. The van der Waals surface area contributed by atoms with Gasteiger partial charge in [0.25, 0.3) is 8.53 Å². The van der Waals surface area contributed by atoms with Crippen LogP contribution in [-0.2, 0) is 18.6 Å². The van der Waals surface area contributed by atoms with Crippen LogP contribution in [0.3, 0.4) is 0 Å². The Bertz CT molecular complexity index is 863. The van der Waals surface area contributed by atoms with Gasteiger partial charge in [-0.1, -0.05) is 19.3 Å². The van der Waals surface area contributed by atoms with E-state index in [1.807, 2.05) is 0 Å². The van der Waals surface area contributed by atoms with Crippen molar-refractivity contribution in [1.29, 1.82) is 5.26 Å². The van der Waals surface area contributed by atoms with Crippen molar-refractivity contribution >= 4 is 38.0 Å². The lowest BCUT2D eigenvalue weighted by molar-refractivity contribution is -0.129. The van der Waals surface area contributed by atoms with Crippen molar-refractivity contribution < 1.29 is 23.4 Å². The van der Waals surface area contributed by atoms with E-state index in [2.05, 4.69) is 54.4 Å². The Balaban J connectivity index is 1.49. The number of nitrogens with zero attached hydrogens (tertiary/aromatic N) is 2. The van der Waals surface area contributed by atoms with Gasteiger partial charge in [0.15, 0.2) is 5.78 Å². The molecule has 10 nitrogen and oxygen atoms in total. The molecule has 0 saturated carbocycles.